The van der Waals surface area contributed by atoms with Crippen LogP contribution in [0, 0.1) is 11.6 Å². The van der Waals surface area contributed by atoms with Crippen LogP contribution in [0.15, 0.2) is 72.4 Å². The van der Waals surface area contributed by atoms with E-state index in [4.69, 9.17) is 11.6 Å². The van der Waals surface area contributed by atoms with Gasteiger partial charge in [-0.3, -0.25) is 19.5 Å². The number of amides is 1. The van der Waals surface area contributed by atoms with Crippen molar-refractivity contribution in [2.45, 2.75) is 6.04 Å². The molecule has 1 aliphatic heterocycles. The summed E-state index contributed by atoms with van der Waals surface area (Å²) in [6, 6.07) is 12.3. The average Bonchev–Trinajstić information content (AvgIpc) is 3.00. The Morgan fingerprint density at radius 3 is 2.40 bits per heavy atom. The second kappa shape index (κ2) is 7.68. The Hall–Kier alpha value is -3.58. The molecular weight excluding hydrogens is 414 g/mol. The number of anilines is 1. The van der Waals surface area contributed by atoms with Gasteiger partial charge in [0.25, 0.3) is 11.7 Å². The zero-order valence-corrected chi connectivity index (χ0v) is 16.0. The molecule has 8 heteroatoms. The highest BCUT2D eigenvalue weighted by molar-refractivity contribution is 6.51. The second-order valence-electron chi connectivity index (χ2n) is 6.53. The van der Waals surface area contributed by atoms with Crippen LogP contribution in [0.1, 0.15) is 17.3 Å². The van der Waals surface area contributed by atoms with Crippen LogP contribution in [0.4, 0.5) is 14.5 Å². The third kappa shape index (κ3) is 3.33. The number of rotatable bonds is 3. The van der Waals surface area contributed by atoms with E-state index in [1.54, 1.807) is 18.2 Å². The number of aromatic nitrogens is 1. The van der Waals surface area contributed by atoms with Crippen LogP contribution in [-0.4, -0.2) is 21.8 Å². The van der Waals surface area contributed by atoms with Gasteiger partial charge in [-0.1, -0.05) is 17.7 Å². The minimum atomic E-state index is -1.21. The van der Waals surface area contributed by atoms with Crippen LogP contribution in [0.5, 0.6) is 0 Å². The highest BCUT2D eigenvalue weighted by atomic mass is 35.5. The number of ketones is 1. The molecule has 4 rings (SSSR count). The number of carbonyl (C=O) groups is 2. The fraction of sp³-hybridized carbons (Fsp3) is 0.0455. The summed E-state index contributed by atoms with van der Waals surface area (Å²) in [7, 11) is 0. The molecule has 1 atom stereocenters. The fourth-order valence-corrected chi connectivity index (χ4v) is 3.46. The lowest BCUT2D eigenvalue weighted by Crippen LogP contribution is -2.30. The van der Waals surface area contributed by atoms with Gasteiger partial charge in [0.1, 0.15) is 23.4 Å². The van der Waals surface area contributed by atoms with Gasteiger partial charge in [-0.15, -0.1) is 0 Å². The van der Waals surface area contributed by atoms with E-state index in [1.165, 1.54) is 30.5 Å². The Bertz CT molecular complexity index is 1180. The Morgan fingerprint density at radius 1 is 1.03 bits per heavy atom. The first-order chi connectivity index (χ1) is 14.4. The monoisotopic (exact) mass is 426 g/mol. The van der Waals surface area contributed by atoms with Gasteiger partial charge < -0.3 is 5.11 Å². The van der Waals surface area contributed by atoms with Crippen LogP contribution < -0.4 is 4.90 Å². The zero-order valence-electron chi connectivity index (χ0n) is 15.2. The summed E-state index contributed by atoms with van der Waals surface area (Å²) in [4.78, 5) is 30.8. The molecule has 0 spiro atoms. The third-order valence-electron chi connectivity index (χ3n) is 4.70. The Labute approximate surface area is 174 Å². The molecule has 1 saturated heterocycles. The van der Waals surface area contributed by atoms with Crippen molar-refractivity contribution in [2.75, 3.05) is 4.90 Å². The van der Waals surface area contributed by atoms with Crippen LogP contribution >= 0.6 is 11.6 Å². The van der Waals surface area contributed by atoms with E-state index in [2.05, 4.69) is 4.98 Å². The first-order valence-electron chi connectivity index (χ1n) is 8.81. The van der Waals surface area contributed by atoms with E-state index in [-0.39, 0.29) is 22.5 Å². The van der Waals surface area contributed by atoms with Crippen molar-refractivity contribution in [3.05, 3.63) is 100 Å². The largest absolute Gasteiger partial charge is 0.507 e. The number of Topliss-reactive ketones (excluding diaryl/α,β-unsaturated/α-hetero) is 1. The highest BCUT2D eigenvalue weighted by Crippen LogP contribution is 2.42. The third-order valence-corrected chi connectivity index (χ3v) is 4.95. The lowest BCUT2D eigenvalue weighted by molar-refractivity contribution is -0.132. The van der Waals surface area contributed by atoms with Gasteiger partial charge in [-0.05, 0) is 48.5 Å². The summed E-state index contributed by atoms with van der Waals surface area (Å²) >= 11 is 5.88. The Morgan fingerprint density at radius 2 is 1.77 bits per heavy atom. The number of aliphatic hydroxyl groups excluding tert-OH is 1. The van der Waals surface area contributed by atoms with E-state index >= 15 is 0 Å². The van der Waals surface area contributed by atoms with E-state index in [0.717, 1.165) is 17.0 Å². The van der Waals surface area contributed by atoms with E-state index in [0.29, 0.717) is 11.1 Å². The molecule has 0 radical (unpaired) electrons. The van der Waals surface area contributed by atoms with E-state index in [1.807, 2.05) is 0 Å². The maximum absolute atomic E-state index is 14.5. The number of halogens is 3. The lowest BCUT2D eigenvalue weighted by atomic mass is 9.98. The van der Waals surface area contributed by atoms with E-state index < -0.39 is 35.1 Å². The number of carbonyl (C=O) groups excluding carboxylic acids is 2. The SMILES string of the molecule is O=C1C(=O)N(c2ccc(F)cc2F)C(c2ccccn2)/C1=C(\O)c1ccc(Cl)cc1. The number of nitrogens with zero attached hydrogens (tertiary/aromatic N) is 2. The van der Waals surface area contributed by atoms with Gasteiger partial charge in [0.2, 0.25) is 0 Å². The maximum Gasteiger partial charge on any atom is 0.300 e. The van der Waals surface area contributed by atoms with Crippen molar-refractivity contribution >= 4 is 34.7 Å². The first-order valence-corrected chi connectivity index (χ1v) is 9.19. The van der Waals surface area contributed by atoms with Gasteiger partial charge in [0.05, 0.1) is 17.0 Å². The van der Waals surface area contributed by atoms with Gasteiger partial charge in [0, 0.05) is 22.8 Å². The molecule has 1 amide bonds. The lowest BCUT2D eigenvalue weighted by Gasteiger charge is -2.24. The van der Waals surface area contributed by atoms with Crippen molar-refractivity contribution in [3.63, 3.8) is 0 Å². The maximum atomic E-state index is 14.5. The Kier molecular flexibility index (Phi) is 5.05. The molecule has 5 nitrogen and oxygen atoms in total. The summed E-state index contributed by atoms with van der Waals surface area (Å²) in [5.41, 5.74) is -0.0806. The standard InChI is InChI=1S/C22H13ClF2N2O3/c23-13-6-4-12(5-7-13)20(28)18-19(16-3-1-2-10-26-16)27(22(30)21(18)29)17-9-8-14(24)11-15(17)25/h1-11,19,28H/b20-18+. The molecule has 1 N–H and O–H groups in total. The topological polar surface area (TPSA) is 70.5 Å². The summed E-state index contributed by atoms with van der Waals surface area (Å²) in [6.45, 7) is 0. The summed E-state index contributed by atoms with van der Waals surface area (Å²) in [5, 5.41) is 11.3. The molecule has 1 aliphatic rings. The van der Waals surface area contributed by atoms with Crippen LogP contribution in [0.2, 0.25) is 5.02 Å². The molecule has 0 saturated carbocycles. The number of hydrogen-bond acceptors (Lipinski definition) is 4. The predicted octanol–water partition coefficient (Wildman–Crippen LogP) is 4.64. The van der Waals surface area contributed by atoms with Crippen LogP contribution in [0.25, 0.3) is 5.76 Å². The number of hydrogen-bond donors (Lipinski definition) is 1. The Balaban J connectivity index is 1.96. The molecular formula is C22H13ClF2N2O3. The summed E-state index contributed by atoms with van der Waals surface area (Å²) < 4.78 is 27.9. The zero-order chi connectivity index (χ0) is 21.4. The quantitative estimate of drug-likeness (QED) is 0.376. The van der Waals surface area contributed by atoms with Crippen molar-refractivity contribution < 1.29 is 23.5 Å². The van der Waals surface area contributed by atoms with Gasteiger partial charge >= 0.3 is 0 Å². The molecule has 2 aromatic carbocycles. The second-order valence-corrected chi connectivity index (χ2v) is 6.96. The normalized spacial score (nSPS) is 18.1. The van der Waals surface area contributed by atoms with Crippen molar-refractivity contribution in [3.8, 4) is 0 Å². The summed E-state index contributed by atoms with van der Waals surface area (Å²) in [6.07, 6.45) is 1.44. The first kappa shape index (κ1) is 19.7. The van der Waals surface area contributed by atoms with Gasteiger partial charge in [0.15, 0.2) is 0 Å². The predicted molar refractivity (Wildman–Crippen MR) is 107 cm³/mol. The molecule has 0 bridgehead atoms. The molecule has 30 heavy (non-hydrogen) atoms. The number of benzene rings is 2. The smallest absolute Gasteiger partial charge is 0.300 e. The fourth-order valence-electron chi connectivity index (χ4n) is 3.34. The minimum absolute atomic E-state index is 0.232. The molecule has 2 heterocycles. The molecule has 1 aromatic heterocycles. The number of pyridine rings is 1. The van der Waals surface area contributed by atoms with Gasteiger partial charge in [-0.25, -0.2) is 8.78 Å². The molecule has 0 aliphatic carbocycles. The number of aliphatic hydroxyl groups is 1. The van der Waals surface area contributed by atoms with Crippen molar-refractivity contribution in [2.24, 2.45) is 0 Å². The van der Waals surface area contributed by atoms with Crippen molar-refractivity contribution in [1.82, 2.24) is 4.98 Å². The van der Waals surface area contributed by atoms with Crippen molar-refractivity contribution in [1.29, 1.82) is 0 Å². The molecule has 150 valence electrons. The summed E-state index contributed by atoms with van der Waals surface area (Å²) in [5.74, 6) is -4.38. The average molecular weight is 427 g/mol. The highest BCUT2D eigenvalue weighted by Gasteiger charge is 2.48. The molecule has 1 fully saturated rings. The van der Waals surface area contributed by atoms with Crippen LogP contribution in [-0.2, 0) is 9.59 Å². The molecule has 3 aromatic rings. The minimum Gasteiger partial charge on any atom is -0.507 e. The van der Waals surface area contributed by atoms with Gasteiger partial charge in [-0.2, -0.15) is 0 Å². The van der Waals surface area contributed by atoms with E-state index in [9.17, 15) is 23.5 Å². The molecule has 1 unspecified atom stereocenters. The van der Waals surface area contributed by atoms with Crippen LogP contribution in [0.3, 0.4) is 0 Å².